The van der Waals surface area contributed by atoms with Crippen molar-refractivity contribution in [3.63, 3.8) is 0 Å². The van der Waals surface area contributed by atoms with Crippen LogP contribution in [0.5, 0.6) is 0 Å². The highest BCUT2D eigenvalue weighted by Gasteiger charge is 2.52. The van der Waals surface area contributed by atoms with E-state index in [0.29, 0.717) is 24.3 Å². The minimum Gasteiger partial charge on any atom is -0.444 e. The van der Waals surface area contributed by atoms with E-state index in [2.05, 4.69) is 20.9 Å². The number of anilines is 2. The molecule has 10 nitrogen and oxygen atoms in total. The Hall–Kier alpha value is -4.87. The number of hydrogen-bond donors (Lipinski definition) is 3. The van der Waals surface area contributed by atoms with Crippen LogP contribution in [0, 0.1) is 17.0 Å². The van der Waals surface area contributed by atoms with Crippen LogP contribution in [0.25, 0.3) is 0 Å². The first-order valence-electron chi connectivity index (χ1n) is 15.5. The molecule has 1 aliphatic carbocycles. The topological polar surface area (TPSA) is 130 Å². The number of fused-ring (bicyclic) bond motifs is 3. The van der Waals surface area contributed by atoms with Gasteiger partial charge in [-0.2, -0.15) is 0 Å². The molecule has 1 aromatic heterocycles. The van der Waals surface area contributed by atoms with E-state index in [4.69, 9.17) is 4.74 Å². The monoisotopic (exact) mass is 645 g/mol. The quantitative estimate of drug-likeness (QED) is 0.351. The fourth-order valence-electron chi connectivity index (χ4n) is 6.96. The summed E-state index contributed by atoms with van der Waals surface area (Å²) in [5.41, 5.74) is 0.642. The molecule has 1 spiro atoms. The maximum atomic E-state index is 14.4. The van der Waals surface area contributed by atoms with Crippen LogP contribution in [0.4, 0.5) is 25.1 Å². The summed E-state index contributed by atoms with van der Waals surface area (Å²) in [6.45, 7) is 8.02. The van der Waals surface area contributed by atoms with Crippen LogP contribution < -0.4 is 16.0 Å². The van der Waals surface area contributed by atoms with Gasteiger partial charge in [0.25, 0.3) is 0 Å². The van der Waals surface area contributed by atoms with Crippen LogP contribution in [0.1, 0.15) is 69.3 Å². The van der Waals surface area contributed by atoms with E-state index in [1.165, 1.54) is 4.90 Å². The van der Waals surface area contributed by atoms with E-state index >= 15 is 0 Å². The molecular weight excluding hydrogens is 608 g/mol. The zero-order valence-corrected chi connectivity index (χ0v) is 26.9. The van der Waals surface area contributed by atoms with Crippen molar-refractivity contribution in [3.05, 3.63) is 88.6 Å². The largest absolute Gasteiger partial charge is 0.444 e. The summed E-state index contributed by atoms with van der Waals surface area (Å²) in [6.07, 6.45) is 1.92. The Morgan fingerprint density at radius 3 is 2.45 bits per heavy atom. The first kappa shape index (κ1) is 32.1. The van der Waals surface area contributed by atoms with Gasteiger partial charge in [-0.3, -0.25) is 14.4 Å². The number of halogens is 2. The fraction of sp³-hybridized carbons (Fsp3) is 0.400. The lowest BCUT2D eigenvalue weighted by molar-refractivity contribution is -0.152. The van der Waals surface area contributed by atoms with Gasteiger partial charge in [0.15, 0.2) is 0 Å². The van der Waals surface area contributed by atoms with Crippen molar-refractivity contribution in [1.82, 2.24) is 15.2 Å². The number of alkyl carbamates (subject to hydrolysis) is 1. The molecule has 1 saturated heterocycles. The molecule has 3 N–H and O–H groups in total. The summed E-state index contributed by atoms with van der Waals surface area (Å²) in [6, 6.07) is 10.4. The molecular formula is C35H37F2N5O5. The van der Waals surface area contributed by atoms with Gasteiger partial charge in [0.05, 0.1) is 16.9 Å². The average molecular weight is 646 g/mol. The van der Waals surface area contributed by atoms with Crippen molar-refractivity contribution in [1.29, 1.82) is 0 Å². The molecule has 6 rings (SSSR count). The minimum absolute atomic E-state index is 0.0769. The van der Waals surface area contributed by atoms with E-state index in [9.17, 15) is 28.0 Å². The first-order valence-corrected chi connectivity index (χ1v) is 15.5. The number of amides is 4. The van der Waals surface area contributed by atoms with Crippen molar-refractivity contribution in [2.45, 2.75) is 77.0 Å². The van der Waals surface area contributed by atoms with Crippen LogP contribution in [0.2, 0.25) is 0 Å². The summed E-state index contributed by atoms with van der Waals surface area (Å²) in [7, 11) is 0. The van der Waals surface area contributed by atoms with Gasteiger partial charge in [-0.05, 0) is 101 Å². The van der Waals surface area contributed by atoms with Crippen molar-refractivity contribution >= 4 is 35.3 Å². The summed E-state index contributed by atoms with van der Waals surface area (Å²) in [5.74, 6) is -2.21. The molecule has 2 aliphatic heterocycles. The van der Waals surface area contributed by atoms with Gasteiger partial charge >= 0.3 is 6.09 Å². The standard InChI is InChI=1S/C35H37F2N5O5/c1-33(2,3)47-32(46)40-27-15-26(20-11-22(36)14-23(37)12-20)42(31(45)34(27,4)5)18-28(43)39-24-9-8-19-16-35(17-21(19)13-24)25-7-6-10-38-29(25)41-30(35)44/h6-14,26-27H,15-18H2,1-5H3,(H,39,43)(H,40,46)(H,38,41,44). The summed E-state index contributed by atoms with van der Waals surface area (Å²) in [4.78, 5) is 58.9. The van der Waals surface area contributed by atoms with Crippen molar-refractivity contribution in [3.8, 4) is 0 Å². The summed E-state index contributed by atoms with van der Waals surface area (Å²) >= 11 is 0. The number of aromatic nitrogens is 1. The molecule has 12 heteroatoms. The summed E-state index contributed by atoms with van der Waals surface area (Å²) < 4.78 is 34.2. The van der Waals surface area contributed by atoms with E-state index in [1.807, 2.05) is 18.2 Å². The molecule has 4 amide bonds. The molecule has 0 radical (unpaired) electrons. The SMILES string of the molecule is CC(C)(C)OC(=O)NC1CC(c2cc(F)cc(F)c2)N(CC(=O)Nc2ccc3c(c2)CC2(C3)C(=O)Nc3ncccc32)C(=O)C1(C)C. The molecule has 3 atom stereocenters. The van der Waals surface area contributed by atoms with E-state index in [0.717, 1.165) is 34.9 Å². The zero-order chi connectivity index (χ0) is 33.9. The number of rotatable bonds is 5. The number of ether oxygens (including phenoxy) is 1. The molecule has 246 valence electrons. The number of benzene rings is 2. The lowest BCUT2D eigenvalue weighted by atomic mass is 9.74. The van der Waals surface area contributed by atoms with Gasteiger partial charge in [0.1, 0.15) is 29.6 Å². The third-order valence-corrected chi connectivity index (χ3v) is 9.26. The number of likely N-dealkylation sites (tertiary alicyclic amines) is 1. The molecule has 2 aromatic carbocycles. The lowest BCUT2D eigenvalue weighted by Gasteiger charge is -2.47. The Morgan fingerprint density at radius 2 is 1.74 bits per heavy atom. The third kappa shape index (κ3) is 6.04. The highest BCUT2D eigenvalue weighted by Crippen LogP contribution is 2.47. The molecule has 3 aromatic rings. The Morgan fingerprint density at radius 1 is 1.04 bits per heavy atom. The lowest BCUT2D eigenvalue weighted by Crippen LogP contribution is -2.61. The van der Waals surface area contributed by atoms with Crippen molar-refractivity contribution in [2.75, 3.05) is 17.2 Å². The second kappa shape index (κ2) is 11.4. The van der Waals surface area contributed by atoms with Crippen LogP contribution in [-0.2, 0) is 37.4 Å². The smallest absolute Gasteiger partial charge is 0.407 e. The Bertz CT molecular complexity index is 1780. The predicted molar refractivity (Wildman–Crippen MR) is 169 cm³/mol. The normalized spacial score (nSPS) is 22.8. The molecule has 0 saturated carbocycles. The average Bonchev–Trinajstić information content (AvgIpc) is 3.48. The van der Waals surface area contributed by atoms with E-state index < -0.39 is 64.6 Å². The number of nitrogens with one attached hydrogen (secondary N) is 3. The second-order valence-corrected chi connectivity index (χ2v) is 14.1. The Balaban J connectivity index is 1.23. The van der Waals surface area contributed by atoms with Gasteiger partial charge in [-0.15, -0.1) is 0 Å². The van der Waals surface area contributed by atoms with E-state index in [1.54, 1.807) is 52.9 Å². The number of pyridine rings is 1. The number of carbonyl (C=O) groups is 4. The number of piperidine rings is 1. The van der Waals surface area contributed by atoms with Crippen LogP contribution in [0.3, 0.4) is 0 Å². The van der Waals surface area contributed by atoms with Crippen molar-refractivity contribution < 1.29 is 32.7 Å². The molecule has 3 unspecified atom stereocenters. The highest BCUT2D eigenvalue weighted by molar-refractivity contribution is 6.06. The third-order valence-electron chi connectivity index (χ3n) is 9.26. The Kier molecular flexibility index (Phi) is 7.80. The van der Waals surface area contributed by atoms with Crippen LogP contribution >= 0.6 is 0 Å². The molecule has 1 fully saturated rings. The van der Waals surface area contributed by atoms with Gasteiger partial charge in [0.2, 0.25) is 17.7 Å². The maximum absolute atomic E-state index is 14.4. The number of hydrogen-bond acceptors (Lipinski definition) is 6. The maximum Gasteiger partial charge on any atom is 0.407 e. The Labute approximate surface area is 271 Å². The highest BCUT2D eigenvalue weighted by atomic mass is 19.1. The van der Waals surface area contributed by atoms with Gasteiger partial charge in [-0.1, -0.05) is 12.1 Å². The van der Waals surface area contributed by atoms with Crippen molar-refractivity contribution in [2.24, 2.45) is 5.41 Å². The van der Waals surface area contributed by atoms with Gasteiger partial charge in [-0.25, -0.2) is 18.6 Å². The predicted octanol–water partition coefficient (Wildman–Crippen LogP) is 5.18. The molecule has 3 aliphatic rings. The first-order chi connectivity index (χ1) is 22.1. The summed E-state index contributed by atoms with van der Waals surface area (Å²) in [5, 5.41) is 8.50. The van der Waals surface area contributed by atoms with Crippen LogP contribution in [-0.4, -0.2) is 51.9 Å². The second-order valence-electron chi connectivity index (χ2n) is 14.1. The van der Waals surface area contributed by atoms with Gasteiger partial charge in [0, 0.05) is 29.6 Å². The fourth-order valence-corrected chi connectivity index (χ4v) is 6.96. The number of nitrogens with zero attached hydrogens (tertiary/aromatic N) is 2. The number of carbonyl (C=O) groups excluding carboxylic acids is 4. The molecule has 0 bridgehead atoms. The van der Waals surface area contributed by atoms with E-state index in [-0.39, 0.29) is 17.9 Å². The molecule has 47 heavy (non-hydrogen) atoms. The molecule has 3 heterocycles. The van der Waals surface area contributed by atoms with Crippen LogP contribution in [0.15, 0.2) is 54.7 Å². The zero-order valence-electron chi connectivity index (χ0n) is 26.9. The van der Waals surface area contributed by atoms with Gasteiger partial charge < -0.3 is 25.6 Å². The minimum atomic E-state index is -1.19.